The molecule has 3 rings (SSSR count). The minimum atomic E-state index is -0.630. The van der Waals surface area contributed by atoms with Crippen molar-refractivity contribution >= 4 is 11.6 Å². The summed E-state index contributed by atoms with van der Waals surface area (Å²) in [5.74, 6) is 2.15. The van der Waals surface area contributed by atoms with Crippen LogP contribution in [0.5, 0.6) is 17.2 Å². The van der Waals surface area contributed by atoms with Crippen LogP contribution in [-0.2, 0) is 17.6 Å². The molecular formula is C22H28N2O5. The molecule has 0 aliphatic carbocycles. The quantitative estimate of drug-likeness (QED) is 0.530. The summed E-state index contributed by atoms with van der Waals surface area (Å²) in [6, 6.07) is 11.4. The second kappa shape index (κ2) is 10.1. The van der Waals surface area contributed by atoms with Gasteiger partial charge in [0.15, 0.2) is 11.5 Å². The fraction of sp³-hybridized carbons (Fsp3) is 0.409. The Bertz CT molecular complexity index is 840. The van der Waals surface area contributed by atoms with E-state index >= 15 is 0 Å². The molecule has 0 aromatic heterocycles. The molecule has 156 valence electrons. The van der Waals surface area contributed by atoms with Crippen LogP contribution in [0, 0.1) is 0 Å². The van der Waals surface area contributed by atoms with E-state index in [1.807, 2.05) is 36.4 Å². The van der Waals surface area contributed by atoms with Crippen molar-refractivity contribution in [3.05, 3.63) is 47.5 Å². The summed E-state index contributed by atoms with van der Waals surface area (Å²) in [6.45, 7) is 1.34. The molecule has 0 saturated carbocycles. The molecule has 0 saturated heterocycles. The molecule has 1 atom stereocenters. The van der Waals surface area contributed by atoms with E-state index in [0.717, 1.165) is 29.8 Å². The molecule has 3 N–H and O–H groups in total. The molecule has 0 fully saturated rings. The summed E-state index contributed by atoms with van der Waals surface area (Å²) in [5.41, 5.74) is 2.90. The van der Waals surface area contributed by atoms with Gasteiger partial charge in [-0.3, -0.25) is 4.79 Å². The number of rotatable bonds is 10. The van der Waals surface area contributed by atoms with Crippen molar-refractivity contribution in [2.75, 3.05) is 39.2 Å². The van der Waals surface area contributed by atoms with Crippen LogP contribution in [-0.4, -0.2) is 51.0 Å². The van der Waals surface area contributed by atoms with Gasteiger partial charge >= 0.3 is 0 Å². The number of ether oxygens (including phenoxy) is 3. The van der Waals surface area contributed by atoms with Gasteiger partial charge < -0.3 is 30.0 Å². The number of hydrogen-bond donors (Lipinski definition) is 3. The molecule has 1 amide bonds. The Morgan fingerprint density at radius 1 is 1.10 bits per heavy atom. The van der Waals surface area contributed by atoms with Gasteiger partial charge in [-0.25, -0.2) is 0 Å². The number of nitrogens with one attached hydrogen (secondary N) is 2. The maximum Gasteiger partial charge on any atom is 0.224 e. The third-order valence-corrected chi connectivity index (χ3v) is 4.86. The predicted octanol–water partition coefficient (Wildman–Crippen LogP) is 2.16. The Morgan fingerprint density at radius 2 is 1.93 bits per heavy atom. The van der Waals surface area contributed by atoms with Crippen molar-refractivity contribution in [2.24, 2.45) is 0 Å². The minimum absolute atomic E-state index is 0.0216. The predicted molar refractivity (Wildman–Crippen MR) is 111 cm³/mol. The molecule has 2 aromatic rings. The zero-order valence-corrected chi connectivity index (χ0v) is 16.9. The largest absolute Gasteiger partial charge is 0.493 e. The standard InChI is InChI=1S/C22H28N2O5/c1-27-20-8-6-15(12-21(20)28-2)10-11-23-13-16(25)14-29-19-5-3-4-18-17(19)7-9-22(26)24-18/h3-6,8,12,16,23,25H,7,9-11,13-14H2,1-2H3,(H,24,26). The van der Waals surface area contributed by atoms with Gasteiger partial charge in [-0.05, 0) is 49.2 Å². The number of amides is 1. The Balaban J connectivity index is 1.41. The summed E-state index contributed by atoms with van der Waals surface area (Å²) >= 11 is 0. The van der Waals surface area contributed by atoms with Crippen LogP contribution in [0.3, 0.4) is 0 Å². The number of methoxy groups -OCH3 is 2. The summed E-state index contributed by atoms with van der Waals surface area (Å²) in [7, 11) is 3.23. The molecule has 0 radical (unpaired) electrons. The van der Waals surface area contributed by atoms with E-state index in [1.54, 1.807) is 14.2 Å². The fourth-order valence-electron chi connectivity index (χ4n) is 3.31. The Kier molecular flexibility index (Phi) is 7.32. The third-order valence-electron chi connectivity index (χ3n) is 4.86. The highest BCUT2D eigenvalue weighted by Crippen LogP contribution is 2.31. The molecule has 1 unspecified atom stereocenters. The topological polar surface area (TPSA) is 89.0 Å². The Labute approximate surface area is 171 Å². The molecule has 0 bridgehead atoms. The van der Waals surface area contributed by atoms with Crippen molar-refractivity contribution in [3.63, 3.8) is 0 Å². The Hall–Kier alpha value is -2.77. The molecule has 29 heavy (non-hydrogen) atoms. The first-order chi connectivity index (χ1) is 14.1. The zero-order chi connectivity index (χ0) is 20.6. The molecule has 1 aliphatic rings. The van der Waals surface area contributed by atoms with Crippen LogP contribution in [0.2, 0.25) is 0 Å². The van der Waals surface area contributed by atoms with Gasteiger partial charge in [0.25, 0.3) is 0 Å². The lowest BCUT2D eigenvalue weighted by Crippen LogP contribution is -2.32. The van der Waals surface area contributed by atoms with Crippen LogP contribution in [0.25, 0.3) is 0 Å². The van der Waals surface area contributed by atoms with Gasteiger partial charge in [0.1, 0.15) is 18.5 Å². The summed E-state index contributed by atoms with van der Waals surface area (Å²) in [4.78, 5) is 11.5. The van der Waals surface area contributed by atoms with Gasteiger partial charge in [0, 0.05) is 24.2 Å². The number of carbonyl (C=O) groups is 1. The molecule has 1 aliphatic heterocycles. The van der Waals surface area contributed by atoms with E-state index in [2.05, 4.69) is 10.6 Å². The third kappa shape index (κ3) is 5.62. The molecule has 0 spiro atoms. The van der Waals surface area contributed by atoms with E-state index in [0.29, 0.717) is 36.6 Å². The first kappa shape index (κ1) is 21.0. The maximum atomic E-state index is 11.5. The lowest BCUT2D eigenvalue weighted by Gasteiger charge is -2.21. The van der Waals surface area contributed by atoms with Crippen LogP contribution in [0.1, 0.15) is 17.5 Å². The summed E-state index contributed by atoms with van der Waals surface area (Å²) < 4.78 is 16.4. The fourth-order valence-corrected chi connectivity index (χ4v) is 3.31. The van der Waals surface area contributed by atoms with Gasteiger partial charge in [-0.1, -0.05) is 12.1 Å². The lowest BCUT2D eigenvalue weighted by molar-refractivity contribution is -0.116. The van der Waals surface area contributed by atoms with Crippen LogP contribution in [0.4, 0.5) is 5.69 Å². The zero-order valence-electron chi connectivity index (χ0n) is 16.9. The smallest absolute Gasteiger partial charge is 0.224 e. The van der Waals surface area contributed by atoms with Gasteiger partial charge in [0.2, 0.25) is 5.91 Å². The molecule has 2 aromatic carbocycles. The monoisotopic (exact) mass is 400 g/mol. The SMILES string of the molecule is COc1ccc(CCNCC(O)COc2cccc3c2CCC(=O)N3)cc1OC. The highest BCUT2D eigenvalue weighted by atomic mass is 16.5. The van der Waals surface area contributed by atoms with Crippen molar-refractivity contribution in [3.8, 4) is 17.2 Å². The molecule has 7 nitrogen and oxygen atoms in total. The minimum Gasteiger partial charge on any atom is -0.493 e. The number of anilines is 1. The van der Waals surface area contributed by atoms with E-state index in [1.165, 1.54) is 0 Å². The van der Waals surface area contributed by atoms with Crippen LogP contribution >= 0.6 is 0 Å². The van der Waals surface area contributed by atoms with Crippen LogP contribution in [0.15, 0.2) is 36.4 Å². The average Bonchev–Trinajstić information content (AvgIpc) is 2.74. The highest BCUT2D eigenvalue weighted by molar-refractivity contribution is 5.94. The molecule has 7 heteroatoms. The average molecular weight is 400 g/mol. The highest BCUT2D eigenvalue weighted by Gasteiger charge is 2.18. The lowest BCUT2D eigenvalue weighted by atomic mass is 10.0. The van der Waals surface area contributed by atoms with Gasteiger partial charge in [0.05, 0.1) is 14.2 Å². The number of aliphatic hydroxyl groups is 1. The van der Waals surface area contributed by atoms with E-state index in [-0.39, 0.29) is 12.5 Å². The summed E-state index contributed by atoms with van der Waals surface area (Å²) in [5, 5.41) is 16.3. The van der Waals surface area contributed by atoms with Crippen molar-refractivity contribution in [1.29, 1.82) is 0 Å². The second-order valence-electron chi connectivity index (χ2n) is 6.94. The van der Waals surface area contributed by atoms with E-state index < -0.39 is 6.10 Å². The number of benzene rings is 2. The van der Waals surface area contributed by atoms with Gasteiger partial charge in [-0.15, -0.1) is 0 Å². The summed E-state index contributed by atoms with van der Waals surface area (Å²) in [6.07, 6.45) is 1.28. The van der Waals surface area contributed by atoms with Crippen molar-refractivity contribution < 1.29 is 24.1 Å². The van der Waals surface area contributed by atoms with E-state index in [4.69, 9.17) is 14.2 Å². The maximum absolute atomic E-state index is 11.5. The molecular weight excluding hydrogens is 372 g/mol. The first-order valence-electron chi connectivity index (χ1n) is 9.75. The number of carbonyl (C=O) groups excluding carboxylic acids is 1. The van der Waals surface area contributed by atoms with Crippen molar-refractivity contribution in [1.82, 2.24) is 5.32 Å². The number of hydrogen-bond acceptors (Lipinski definition) is 6. The number of aliphatic hydroxyl groups excluding tert-OH is 1. The molecule has 1 heterocycles. The first-order valence-corrected chi connectivity index (χ1v) is 9.75. The normalized spacial score (nSPS) is 14.0. The van der Waals surface area contributed by atoms with Crippen molar-refractivity contribution in [2.45, 2.75) is 25.4 Å². The van der Waals surface area contributed by atoms with Gasteiger partial charge in [-0.2, -0.15) is 0 Å². The number of fused-ring (bicyclic) bond motifs is 1. The van der Waals surface area contributed by atoms with Crippen LogP contribution < -0.4 is 24.8 Å². The second-order valence-corrected chi connectivity index (χ2v) is 6.94. The Morgan fingerprint density at radius 3 is 2.72 bits per heavy atom. The van der Waals surface area contributed by atoms with E-state index in [9.17, 15) is 9.90 Å².